The Kier molecular flexibility index (Phi) is 12.3. The van der Waals surface area contributed by atoms with E-state index in [9.17, 15) is 23.8 Å². The van der Waals surface area contributed by atoms with E-state index in [-0.39, 0.29) is 40.5 Å². The lowest BCUT2D eigenvalue weighted by Gasteiger charge is -2.26. The summed E-state index contributed by atoms with van der Waals surface area (Å²) in [5, 5.41) is 14.3. The number of hydrogen-bond acceptors (Lipinski definition) is 18. The van der Waals surface area contributed by atoms with Crippen LogP contribution in [0.15, 0.2) is 54.1 Å². The lowest BCUT2D eigenvalue weighted by atomic mass is 10.1. The molecule has 3 aliphatic rings. The number of benzene rings is 1. The maximum absolute atomic E-state index is 16.7. The molecule has 3 unspecified atom stereocenters. The zero-order valence-corrected chi connectivity index (χ0v) is 33.6. The summed E-state index contributed by atoms with van der Waals surface area (Å²) in [6.45, 7) is 1.15. The number of nitriles is 1. The van der Waals surface area contributed by atoms with Crippen molar-refractivity contribution < 1.29 is 59.9 Å². The summed E-state index contributed by atoms with van der Waals surface area (Å²) in [5.74, 6) is -1.68. The number of halogens is 2. The minimum absolute atomic E-state index is 0.00550. The number of carbonyl (C=O) groups excluding carboxylic acids is 2. The maximum atomic E-state index is 16.7. The van der Waals surface area contributed by atoms with Crippen molar-refractivity contribution >= 4 is 62.3 Å². The van der Waals surface area contributed by atoms with Crippen molar-refractivity contribution in [3.8, 4) is 6.07 Å². The molecule has 1 aromatic carbocycles. The number of carbonyl (C=O) groups is 2. The Morgan fingerprint density at radius 2 is 1.75 bits per heavy atom. The smallest absolute Gasteiger partial charge is 0.346 e. The Morgan fingerprint density at radius 3 is 2.51 bits per heavy atom. The molecule has 2 amide bonds. The number of anilines is 2. The molecule has 3 aliphatic heterocycles. The average Bonchev–Trinajstić information content (AvgIpc) is 4.01. The second-order valence-electron chi connectivity index (χ2n) is 13.9. The first kappa shape index (κ1) is 42.4. The van der Waals surface area contributed by atoms with Crippen molar-refractivity contribution in [2.75, 3.05) is 30.5 Å². The molecule has 27 heteroatoms. The normalized spacial score (nSPS) is 29.4. The molecule has 3 saturated heterocycles. The molecular weight excluding hydrogens is 854 g/mol. The van der Waals surface area contributed by atoms with E-state index < -0.39 is 109 Å². The molecule has 2 bridgehead atoms. The number of nitrogens with zero attached hydrogens (tertiary/aromatic N) is 8. The topological polar surface area (TPSA) is 291 Å². The second kappa shape index (κ2) is 17.6. The van der Waals surface area contributed by atoms with E-state index in [2.05, 4.69) is 40.5 Å². The Morgan fingerprint density at radius 1 is 1.02 bits per heavy atom. The highest BCUT2D eigenvalue weighted by molar-refractivity contribution is 7.48. The molecule has 8 rings (SSSR count). The standard InChI is InChI=1S/C34H35F2N11O12P2/c1-16(2)29(48)44-34-43-28-23(31(50)45-34)41-15-47(28)33-25-20(35)18(56-33)12-55-61(52,54-10-6-9-37)59-24-19(11-53-60(51)58-25)57-32(21(24)36)46-14-40-22-26(38-13-39-27(22)46)42-30(49)17-7-4-3-5-8-17/h3-5,7-8,13-16,18-21,24-25,32-33,51H,6,10-12H2,1-2H3,(H,38,39,42,49)(H2,43,44,45,48,50)/t18-,19?,20-,21+,24-,25+,32-,33-,60?,61?/m1/s1. The van der Waals surface area contributed by atoms with Crippen molar-refractivity contribution in [3.63, 3.8) is 0 Å². The zero-order chi connectivity index (χ0) is 43.0. The Bertz CT molecular complexity index is 2580. The van der Waals surface area contributed by atoms with Crippen LogP contribution < -0.4 is 16.2 Å². The fourth-order valence-electron chi connectivity index (χ4n) is 6.56. The van der Waals surface area contributed by atoms with Gasteiger partial charge >= 0.3 is 16.4 Å². The number of imidazole rings is 2. The average molecular weight is 890 g/mol. The summed E-state index contributed by atoms with van der Waals surface area (Å²) in [6.07, 6.45) is -11.1. The SMILES string of the molecule is CC(C)C(=O)Nc1nc2c(ncn2[C@@H]2O[C@@H]3COP(=O)(OCCC#N)O[C@@H]4C(COP(O)O[C@H]2[C@@H]3F)O[C@@H](n2cnc3c(NC(=O)c5ccccc5)ncnc32)[C@H]4F)c(=O)[nH]1. The number of fused-ring (bicyclic) bond motifs is 5. The molecule has 3 fully saturated rings. The summed E-state index contributed by atoms with van der Waals surface area (Å²) in [5.41, 5.74) is -0.719. The van der Waals surface area contributed by atoms with Gasteiger partial charge in [0.15, 0.2) is 52.9 Å². The third kappa shape index (κ3) is 8.64. The van der Waals surface area contributed by atoms with Crippen molar-refractivity contribution in [3.05, 3.63) is 65.2 Å². The fourth-order valence-corrected chi connectivity index (χ4v) is 8.72. The number of phosphoric ester groups is 1. The number of aromatic amines is 1. The van der Waals surface area contributed by atoms with E-state index >= 15 is 8.78 Å². The molecule has 4 N–H and O–H groups in total. The van der Waals surface area contributed by atoms with Crippen LogP contribution in [-0.2, 0) is 41.5 Å². The predicted molar refractivity (Wildman–Crippen MR) is 204 cm³/mol. The largest absolute Gasteiger partial charge is 0.475 e. The van der Waals surface area contributed by atoms with Gasteiger partial charge in [0.2, 0.25) is 11.9 Å². The van der Waals surface area contributed by atoms with Gasteiger partial charge in [-0.1, -0.05) is 32.0 Å². The predicted octanol–water partition coefficient (Wildman–Crippen LogP) is 3.35. The van der Waals surface area contributed by atoms with Gasteiger partial charge in [0.1, 0.15) is 30.7 Å². The number of phosphoric acid groups is 1. The fraction of sp³-hybridized carbons (Fsp3) is 0.441. The van der Waals surface area contributed by atoms with Crippen LogP contribution >= 0.6 is 16.4 Å². The summed E-state index contributed by atoms with van der Waals surface area (Å²) in [4.78, 5) is 72.5. The van der Waals surface area contributed by atoms with Crippen molar-refractivity contribution in [2.45, 2.75) is 69.5 Å². The van der Waals surface area contributed by atoms with Crippen LogP contribution in [0, 0.1) is 17.2 Å². The molecule has 0 saturated carbocycles. The third-order valence-corrected chi connectivity index (χ3v) is 11.8. The summed E-state index contributed by atoms with van der Waals surface area (Å²) < 4.78 is 89.4. The molecule has 5 aromatic rings. The highest BCUT2D eigenvalue weighted by atomic mass is 31.2. The van der Waals surface area contributed by atoms with E-state index in [0.29, 0.717) is 5.56 Å². The number of hydrogen-bond donors (Lipinski definition) is 4. The molecule has 10 atom stereocenters. The van der Waals surface area contributed by atoms with Crippen LogP contribution in [0.4, 0.5) is 20.5 Å². The number of ether oxygens (including phenoxy) is 2. The third-order valence-electron chi connectivity index (χ3n) is 9.58. The molecular formula is C34H35F2N11O12P2. The van der Waals surface area contributed by atoms with E-state index in [1.807, 2.05) is 6.07 Å². The van der Waals surface area contributed by atoms with Crippen LogP contribution in [0.25, 0.3) is 22.3 Å². The van der Waals surface area contributed by atoms with Crippen LogP contribution in [0.2, 0.25) is 0 Å². The lowest BCUT2D eigenvalue weighted by molar-refractivity contribution is -0.118. The molecule has 61 heavy (non-hydrogen) atoms. The number of aromatic nitrogens is 8. The number of H-pyrrole nitrogens is 1. The van der Waals surface area contributed by atoms with E-state index in [1.54, 1.807) is 44.2 Å². The van der Waals surface area contributed by atoms with Gasteiger partial charge in [-0.3, -0.25) is 47.4 Å². The summed E-state index contributed by atoms with van der Waals surface area (Å²) in [7, 11) is -7.96. The van der Waals surface area contributed by atoms with E-state index in [4.69, 9.17) is 37.4 Å². The molecule has 7 heterocycles. The van der Waals surface area contributed by atoms with Crippen LogP contribution in [-0.4, -0.2) is 112 Å². The van der Waals surface area contributed by atoms with Crippen LogP contribution in [0.5, 0.6) is 0 Å². The zero-order valence-electron chi connectivity index (χ0n) is 31.8. The first-order chi connectivity index (χ1) is 29.3. The lowest BCUT2D eigenvalue weighted by Crippen LogP contribution is -2.34. The Labute approximate surface area is 343 Å². The Balaban J connectivity index is 1.08. The molecule has 4 aromatic heterocycles. The van der Waals surface area contributed by atoms with Gasteiger partial charge in [0.25, 0.3) is 11.5 Å². The van der Waals surface area contributed by atoms with Crippen molar-refractivity contribution in [1.82, 2.24) is 39.0 Å². The van der Waals surface area contributed by atoms with Gasteiger partial charge in [-0.25, -0.2) is 33.3 Å². The van der Waals surface area contributed by atoms with Gasteiger partial charge in [0.05, 0.1) is 45.0 Å². The summed E-state index contributed by atoms with van der Waals surface area (Å²) in [6, 6.07) is 10.1. The monoisotopic (exact) mass is 889 g/mol. The van der Waals surface area contributed by atoms with Gasteiger partial charge < -0.3 is 28.7 Å². The van der Waals surface area contributed by atoms with Crippen LogP contribution in [0.1, 0.15) is 43.1 Å². The Hall–Kier alpha value is -5.25. The van der Waals surface area contributed by atoms with Gasteiger partial charge in [-0.15, -0.1) is 0 Å². The van der Waals surface area contributed by atoms with Gasteiger partial charge in [-0.05, 0) is 12.1 Å². The molecule has 23 nitrogen and oxygen atoms in total. The second-order valence-corrected chi connectivity index (χ2v) is 16.5. The van der Waals surface area contributed by atoms with E-state index in [0.717, 1.165) is 17.2 Å². The van der Waals surface area contributed by atoms with Gasteiger partial charge in [0, 0.05) is 11.5 Å². The minimum atomic E-state index is -4.94. The number of amides is 2. The summed E-state index contributed by atoms with van der Waals surface area (Å²) >= 11 is 0. The molecule has 0 aliphatic carbocycles. The quantitative estimate of drug-likeness (QED) is 0.122. The number of rotatable bonds is 9. The number of alkyl halides is 2. The molecule has 0 spiro atoms. The first-order valence-corrected chi connectivity index (χ1v) is 21.1. The van der Waals surface area contributed by atoms with Crippen molar-refractivity contribution in [1.29, 1.82) is 5.26 Å². The van der Waals surface area contributed by atoms with Crippen LogP contribution in [0.3, 0.4) is 0 Å². The molecule has 322 valence electrons. The first-order valence-electron chi connectivity index (χ1n) is 18.5. The van der Waals surface area contributed by atoms with E-state index in [1.165, 1.54) is 10.9 Å². The molecule has 0 radical (unpaired) electrons. The van der Waals surface area contributed by atoms with Gasteiger partial charge in [-0.2, -0.15) is 10.2 Å². The maximum Gasteiger partial charge on any atom is 0.475 e. The highest BCUT2D eigenvalue weighted by Gasteiger charge is 2.54. The minimum Gasteiger partial charge on any atom is -0.346 e. The highest BCUT2D eigenvalue weighted by Crippen LogP contribution is 2.55. The van der Waals surface area contributed by atoms with Crippen molar-refractivity contribution in [2.24, 2.45) is 5.92 Å². The number of nitrogens with one attached hydrogen (secondary N) is 3.